The van der Waals surface area contributed by atoms with Crippen LogP contribution < -0.4 is 5.32 Å². The number of hydrogen-bond donors (Lipinski definition) is 1. The van der Waals surface area contributed by atoms with Crippen LogP contribution in [0.25, 0.3) is 6.08 Å². The van der Waals surface area contributed by atoms with Crippen molar-refractivity contribution >= 4 is 12.0 Å². The standard InChI is InChI=1S/C15H21NO2/c1-10-9-12(10)13-7-5-11(18-13)6-8-14(17)16-15(2,3)4/h5-8,10,12H,9H2,1-4H3,(H,16,17)/b8-6+/t10-,12-/m1/s1. The molecule has 0 radical (unpaired) electrons. The number of furan rings is 1. The Balaban J connectivity index is 1.93. The second-order valence-electron chi connectivity index (χ2n) is 6.13. The predicted molar refractivity (Wildman–Crippen MR) is 72.2 cm³/mol. The monoisotopic (exact) mass is 247 g/mol. The largest absolute Gasteiger partial charge is 0.461 e. The highest BCUT2D eigenvalue weighted by Gasteiger charge is 2.36. The van der Waals surface area contributed by atoms with E-state index in [-0.39, 0.29) is 11.4 Å². The molecule has 1 aliphatic rings. The lowest BCUT2D eigenvalue weighted by Gasteiger charge is -2.18. The van der Waals surface area contributed by atoms with Gasteiger partial charge in [0.1, 0.15) is 11.5 Å². The molecule has 1 saturated carbocycles. The summed E-state index contributed by atoms with van der Waals surface area (Å²) < 4.78 is 5.69. The predicted octanol–water partition coefficient (Wildman–Crippen LogP) is 3.33. The zero-order chi connectivity index (χ0) is 13.3. The summed E-state index contributed by atoms with van der Waals surface area (Å²) in [6, 6.07) is 3.93. The molecule has 1 aliphatic carbocycles. The first kappa shape index (κ1) is 12.9. The number of rotatable bonds is 3. The minimum absolute atomic E-state index is 0.0970. The summed E-state index contributed by atoms with van der Waals surface area (Å²) in [6.45, 7) is 8.09. The van der Waals surface area contributed by atoms with Gasteiger partial charge in [-0.15, -0.1) is 0 Å². The van der Waals surface area contributed by atoms with Gasteiger partial charge in [-0.1, -0.05) is 6.92 Å². The molecule has 1 heterocycles. The minimum Gasteiger partial charge on any atom is -0.461 e. The maximum absolute atomic E-state index is 11.6. The van der Waals surface area contributed by atoms with Crippen LogP contribution in [0.15, 0.2) is 22.6 Å². The van der Waals surface area contributed by atoms with Gasteiger partial charge in [0.25, 0.3) is 0 Å². The highest BCUT2D eigenvalue weighted by atomic mass is 16.3. The van der Waals surface area contributed by atoms with E-state index in [0.29, 0.717) is 5.92 Å². The van der Waals surface area contributed by atoms with Gasteiger partial charge in [-0.25, -0.2) is 0 Å². The molecule has 1 fully saturated rings. The van der Waals surface area contributed by atoms with E-state index in [0.717, 1.165) is 17.4 Å². The molecule has 3 nitrogen and oxygen atoms in total. The molecule has 1 amide bonds. The highest BCUT2D eigenvalue weighted by Crippen LogP contribution is 2.47. The summed E-state index contributed by atoms with van der Waals surface area (Å²) in [6.07, 6.45) is 4.45. The Kier molecular flexibility index (Phi) is 3.33. The van der Waals surface area contributed by atoms with Crippen molar-refractivity contribution in [2.45, 2.75) is 45.6 Å². The smallest absolute Gasteiger partial charge is 0.244 e. The van der Waals surface area contributed by atoms with Crippen LogP contribution in [0.1, 0.15) is 51.6 Å². The molecule has 0 unspecified atom stereocenters. The Bertz CT molecular complexity index is 465. The van der Waals surface area contributed by atoms with E-state index < -0.39 is 0 Å². The molecular formula is C15H21NO2. The zero-order valence-corrected chi connectivity index (χ0v) is 11.5. The Labute approximate surface area is 108 Å². The van der Waals surface area contributed by atoms with E-state index in [4.69, 9.17) is 4.42 Å². The summed E-state index contributed by atoms with van der Waals surface area (Å²) >= 11 is 0. The number of carbonyl (C=O) groups is 1. The van der Waals surface area contributed by atoms with Gasteiger partial charge in [-0.2, -0.15) is 0 Å². The summed E-state index contributed by atoms with van der Waals surface area (Å²) in [7, 11) is 0. The van der Waals surface area contributed by atoms with Crippen molar-refractivity contribution in [2.75, 3.05) is 0 Å². The van der Waals surface area contributed by atoms with Gasteiger partial charge in [-0.05, 0) is 51.3 Å². The molecule has 0 saturated heterocycles. The van der Waals surface area contributed by atoms with E-state index >= 15 is 0 Å². The van der Waals surface area contributed by atoms with E-state index in [1.54, 1.807) is 6.08 Å². The van der Waals surface area contributed by atoms with Crippen molar-refractivity contribution < 1.29 is 9.21 Å². The average Bonchev–Trinajstić information content (AvgIpc) is 2.77. The van der Waals surface area contributed by atoms with Gasteiger partial charge in [0, 0.05) is 17.5 Å². The van der Waals surface area contributed by atoms with Crippen LogP contribution in [0.4, 0.5) is 0 Å². The molecule has 1 aromatic heterocycles. The number of hydrogen-bond acceptors (Lipinski definition) is 2. The summed E-state index contributed by atoms with van der Waals surface area (Å²) in [5.41, 5.74) is -0.209. The van der Waals surface area contributed by atoms with Crippen molar-refractivity contribution in [1.82, 2.24) is 5.32 Å². The third-order valence-electron chi connectivity index (χ3n) is 3.02. The first-order valence-corrected chi connectivity index (χ1v) is 6.45. The molecule has 0 aliphatic heterocycles. The van der Waals surface area contributed by atoms with Crippen LogP contribution in [-0.4, -0.2) is 11.4 Å². The molecule has 1 N–H and O–H groups in total. The van der Waals surface area contributed by atoms with Crippen LogP contribution in [0.3, 0.4) is 0 Å². The fourth-order valence-corrected chi connectivity index (χ4v) is 1.94. The maximum atomic E-state index is 11.6. The lowest BCUT2D eigenvalue weighted by molar-refractivity contribution is -0.117. The van der Waals surface area contributed by atoms with Crippen molar-refractivity contribution in [3.8, 4) is 0 Å². The van der Waals surface area contributed by atoms with Crippen molar-refractivity contribution in [3.05, 3.63) is 29.7 Å². The van der Waals surface area contributed by atoms with Gasteiger partial charge in [0.15, 0.2) is 0 Å². The third-order valence-corrected chi connectivity index (χ3v) is 3.02. The van der Waals surface area contributed by atoms with Crippen LogP contribution in [0.5, 0.6) is 0 Å². The Hall–Kier alpha value is -1.51. The van der Waals surface area contributed by atoms with Crippen molar-refractivity contribution in [2.24, 2.45) is 5.92 Å². The Morgan fingerprint density at radius 2 is 2.11 bits per heavy atom. The summed E-state index contributed by atoms with van der Waals surface area (Å²) in [5.74, 6) is 3.00. The molecule has 3 heteroatoms. The maximum Gasteiger partial charge on any atom is 0.244 e. The van der Waals surface area contributed by atoms with Gasteiger partial charge in [0.2, 0.25) is 5.91 Å². The molecule has 2 rings (SSSR count). The number of nitrogens with one attached hydrogen (secondary N) is 1. The van der Waals surface area contributed by atoms with E-state index in [1.165, 1.54) is 12.5 Å². The van der Waals surface area contributed by atoms with Crippen molar-refractivity contribution in [1.29, 1.82) is 0 Å². The fraction of sp³-hybridized carbons (Fsp3) is 0.533. The molecule has 2 atom stereocenters. The highest BCUT2D eigenvalue weighted by molar-refractivity contribution is 5.91. The second kappa shape index (κ2) is 4.63. The summed E-state index contributed by atoms with van der Waals surface area (Å²) in [5, 5.41) is 2.87. The first-order chi connectivity index (χ1) is 8.35. The zero-order valence-electron chi connectivity index (χ0n) is 11.5. The molecule has 18 heavy (non-hydrogen) atoms. The van der Waals surface area contributed by atoms with Crippen LogP contribution >= 0.6 is 0 Å². The van der Waals surface area contributed by atoms with Gasteiger partial charge in [-0.3, -0.25) is 4.79 Å². The van der Waals surface area contributed by atoms with Crippen molar-refractivity contribution in [3.63, 3.8) is 0 Å². The van der Waals surface area contributed by atoms with Crippen LogP contribution in [0.2, 0.25) is 0 Å². The lowest BCUT2D eigenvalue weighted by atomic mass is 10.1. The quantitative estimate of drug-likeness (QED) is 0.832. The molecule has 0 aromatic carbocycles. The lowest BCUT2D eigenvalue weighted by Crippen LogP contribution is -2.39. The molecule has 1 aromatic rings. The van der Waals surface area contributed by atoms with Gasteiger partial charge >= 0.3 is 0 Å². The van der Waals surface area contributed by atoms with Gasteiger partial charge in [0.05, 0.1) is 0 Å². The SMILES string of the molecule is C[C@@H]1C[C@H]1c1ccc(/C=C/C(=O)NC(C)(C)C)o1. The third kappa shape index (κ3) is 3.49. The average molecular weight is 247 g/mol. The number of carbonyl (C=O) groups excluding carboxylic acids is 1. The molecule has 0 bridgehead atoms. The number of amides is 1. The van der Waals surface area contributed by atoms with E-state index in [9.17, 15) is 4.79 Å². The van der Waals surface area contributed by atoms with Gasteiger partial charge < -0.3 is 9.73 Å². The first-order valence-electron chi connectivity index (χ1n) is 6.45. The molecule has 0 spiro atoms. The Morgan fingerprint density at radius 3 is 2.67 bits per heavy atom. The Morgan fingerprint density at radius 1 is 1.44 bits per heavy atom. The van der Waals surface area contributed by atoms with Crippen LogP contribution in [0, 0.1) is 5.92 Å². The summed E-state index contributed by atoms with van der Waals surface area (Å²) in [4.78, 5) is 11.6. The van der Waals surface area contributed by atoms with Crippen LogP contribution in [-0.2, 0) is 4.79 Å². The fourth-order valence-electron chi connectivity index (χ4n) is 1.94. The molecular weight excluding hydrogens is 226 g/mol. The topological polar surface area (TPSA) is 42.2 Å². The normalized spacial score (nSPS) is 23.3. The second-order valence-corrected chi connectivity index (χ2v) is 6.13. The molecule has 98 valence electrons. The minimum atomic E-state index is -0.209. The van der Waals surface area contributed by atoms with E-state index in [1.807, 2.05) is 32.9 Å². The van der Waals surface area contributed by atoms with E-state index in [2.05, 4.69) is 12.2 Å².